The predicted molar refractivity (Wildman–Crippen MR) is 71.2 cm³/mol. The quantitative estimate of drug-likeness (QED) is 0.920. The molecule has 0 spiro atoms. The molecule has 2 aromatic heterocycles. The molecule has 1 aliphatic carbocycles. The van der Waals surface area contributed by atoms with Gasteiger partial charge in [-0.25, -0.2) is 14.6 Å². The molecule has 0 atom stereocenters. The van der Waals surface area contributed by atoms with E-state index in [0.29, 0.717) is 12.5 Å². The zero-order valence-corrected chi connectivity index (χ0v) is 11.3. The summed E-state index contributed by atoms with van der Waals surface area (Å²) in [6.45, 7) is 0.484. The summed E-state index contributed by atoms with van der Waals surface area (Å²) in [6, 6.07) is 0. The SMILES string of the molecule is Cn1nc(C2CCCC2)nc1-c1csc(CN)n1. The Kier molecular flexibility index (Phi) is 3.13. The van der Waals surface area contributed by atoms with E-state index in [9.17, 15) is 0 Å². The van der Waals surface area contributed by atoms with Gasteiger partial charge in [-0.1, -0.05) is 12.8 Å². The first kappa shape index (κ1) is 11.8. The van der Waals surface area contributed by atoms with Crippen LogP contribution < -0.4 is 5.73 Å². The Bertz CT molecular complexity index is 538. The van der Waals surface area contributed by atoms with Crippen LogP contribution in [0.5, 0.6) is 0 Å². The van der Waals surface area contributed by atoms with Gasteiger partial charge in [-0.05, 0) is 12.8 Å². The predicted octanol–water partition coefficient (Wildman–Crippen LogP) is 2.05. The first-order valence-electron chi connectivity index (χ1n) is 6.33. The van der Waals surface area contributed by atoms with E-state index >= 15 is 0 Å². The Labute approximate surface area is 110 Å². The van der Waals surface area contributed by atoms with Gasteiger partial charge in [0.2, 0.25) is 0 Å². The molecule has 2 heterocycles. The molecule has 0 aromatic carbocycles. The largest absolute Gasteiger partial charge is 0.325 e. The highest BCUT2D eigenvalue weighted by Crippen LogP contribution is 2.33. The second-order valence-corrected chi connectivity index (χ2v) is 5.67. The summed E-state index contributed by atoms with van der Waals surface area (Å²) in [5.74, 6) is 2.37. The Morgan fingerprint density at radius 2 is 2.17 bits per heavy atom. The normalized spacial score (nSPS) is 16.6. The summed E-state index contributed by atoms with van der Waals surface area (Å²) in [7, 11) is 1.93. The van der Waals surface area contributed by atoms with E-state index in [1.165, 1.54) is 25.7 Å². The third-order valence-corrected chi connectivity index (χ3v) is 4.33. The summed E-state index contributed by atoms with van der Waals surface area (Å²) in [6.07, 6.45) is 5.03. The maximum Gasteiger partial charge on any atom is 0.177 e. The van der Waals surface area contributed by atoms with Gasteiger partial charge in [0.25, 0.3) is 0 Å². The van der Waals surface area contributed by atoms with Crippen LogP contribution in [0.25, 0.3) is 11.5 Å². The van der Waals surface area contributed by atoms with Gasteiger partial charge in [-0.2, -0.15) is 5.10 Å². The number of rotatable bonds is 3. The van der Waals surface area contributed by atoms with Crippen LogP contribution in [0.2, 0.25) is 0 Å². The molecule has 0 saturated heterocycles. The van der Waals surface area contributed by atoms with E-state index < -0.39 is 0 Å². The van der Waals surface area contributed by atoms with E-state index in [2.05, 4.69) is 15.1 Å². The highest BCUT2D eigenvalue weighted by molar-refractivity contribution is 7.09. The summed E-state index contributed by atoms with van der Waals surface area (Å²) in [5.41, 5.74) is 6.48. The standard InChI is InChI=1S/C12H17N5S/c1-17-12(9-7-18-10(6-13)14-9)15-11(16-17)8-4-2-3-5-8/h7-8H,2-6,13H2,1H3. The van der Waals surface area contributed by atoms with Crippen LogP contribution in [0.15, 0.2) is 5.38 Å². The lowest BCUT2D eigenvalue weighted by molar-refractivity contribution is 0.648. The first-order valence-corrected chi connectivity index (χ1v) is 7.21. The van der Waals surface area contributed by atoms with Gasteiger partial charge in [-0.15, -0.1) is 11.3 Å². The molecule has 18 heavy (non-hydrogen) atoms. The molecule has 5 nitrogen and oxygen atoms in total. The number of aryl methyl sites for hydroxylation is 1. The summed E-state index contributed by atoms with van der Waals surface area (Å²) >= 11 is 1.58. The van der Waals surface area contributed by atoms with Crippen molar-refractivity contribution in [3.63, 3.8) is 0 Å². The number of thiazole rings is 1. The van der Waals surface area contributed by atoms with Crippen LogP contribution >= 0.6 is 11.3 Å². The van der Waals surface area contributed by atoms with Crippen LogP contribution in [-0.4, -0.2) is 19.7 Å². The van der Waals surface area contributed by atoms with Crippen molar-refractivity contribution in [3.8, 4) is 11.5 Å². The Balaban J connectivity index is 1.92. The number of nitrogens with zero attached hydrogens (tertiary/aromatic N) is 4. The van der Waals surface area contributed by atoms with Crippen molar-refractivity contribution in [2.24, 2.45) is 12.8 Å². The average Bonchev–Trinajstić information content (AvgIpc) is 3.08. The molecule has 0 aliphatic heterocycles. The van der Waals surface area contributed by atoms with Crippen molar-refractivity contribution in [2.75, 3.05) is 0 Å². The lowest BCUT2D eigenvalue weighted by atomic mass is 10.1. The molecular weight excluding hydrogens is 246 g/mol. The molecule has 2 N–H and O–H groups in total. The Morgan fingerprint density at radius 1 is 1.39 bits per heavy atom. The second-order valence-electron chi connectivity index (χ2n) is 4.73. The fourth-order valence-corrected chi connectivity index (χ4v) is 3.14. The Morgan fingerprint density at radius 3 is 2.83 bits per heavy atom. The molecule has 0 radical (unpaired) electrons. The van der Waals surface area contributed by atoms with Crippen LogP contribution in [-0.2, 0) is 13.6 Å². The van der Waals surface area contributed by atoms with E-state index in [1.54, 1.807) is 11.3 Å². The third kappa shape index (κ3) is 2.06. The monoisotopic (exact) mass is 263 g/mol. The number of aromatic nitrogens is 4. The molecule has 6 heteroatoms. The third-order valence-electron chi connectivity index (χ3n) is 3.46. The van der Waals surface area contributed by atoms with E-state index in [1.807, 2.05) is 17.1 Å². The smallest absolute Gasteiger partial charge is 0.177 e. The first-order chi connectivity index (χ1) is 8.78. The zero-order valence-electron chi connectivity index (χ0n) is 10.5. The van der Waals surface area contributed by atoms with Crippen molar-refractivity contribution in [1.29, 1.82) is 0 Å². The molecule has 2 aromatic rings. The van der Waals surface area contributed by atoms with Crippen LogP contribution in [0, 0.1) is 0 Å². The van der Waals surface area contributed by atoms with Crippen molar-refractivity contribution in [3.05, 3.63) is 16.2 Å². The molecule has 1 saturated carbocycles. The molecule has 1 aliphatic rings. The second kappa shape index (κ2) is 4.78. The van der Waals surface area contributed by atoms with Crippen molar-refractivity contribution in [2.45, 2.75) is 38.1 Å². The topological polar surface area (TPSA) is 69.6 Å². The average molecular weight is 263 g/mol. The number of hydrogen-bond donors (Lipinski definition) is 1. The van der Waals surface area contributed by atoms with E-state index in [4.69, 9.17) is 5.73 Å². The Hall–Kier alpha value is -1.27. The lowest BCUT2D eigenvalue weighted by Crippen LogP contribution is -1.98. The minimum Gasteiger partial charge on any atom is -0.325 e. The summed E-state index contributed by atoms with van der Waals surface area (Å²) in [5, 5.41) is 7.49. The van der Waals surface area contributed by atoms with Gasteiger partial charge in [0.15, 0.2) is 11.6 Å². The van der Waals surface area contributed by atoms with Crippen molar-refractivity contribution < 1.29 is 0 Å². The maximum absolute atomic E-state index is 5.59. The fraction of sp³-hybridized carbons (Fsp3) is 0.583. The van der Waals surface area contributed by atoms with Gasteiger partial charge >= 0.3 is 0 Å². The minimum atomic E-state index is 0.484. The van der Waals surface area contributed by atoms with Gasteiger partial charge in [0.1, 0.15) is 10.7 Å². The van der Waals surface area contributed by atoms with Gasteiger partial charge < -0.3 is 5.73 Å². The molecule has 96 valence electrons. The van der Waals surface area contributed by atoms with Crippen molar-refractivity contribution in [1.82, 2.24) is 19.7 Å². The molecule has 0 bridgehead atoms. The molecule has 3 rings (SSSR count). The molecule has 1 fully saturated rings. The summed E-state index contributed by atoms with van der Waals surface area (Å²) < 4.78 is 1.84. The highest BCUT2D eigenvalue weighted by atomic mass is 32.1. The van der Waals surface area contributed by atoms with Crippen molar-refractivity contribution >= 4 is 11.3 Å². The molecular formula is C12H17N5S. The van der Waals surface area contributed by atoms with Crippen LogP contribution in [0.3, 0.4) is 0 Å². The number of nitrogens with two attached hydrogens (primary N) is 1. The highest BCUT2D eigenvalue weighted by Gasteiger charge is 2.23. The van der Waals surface area contributed by atoms with Gasteiger partial charge in [-0.3, -0.25) is 0 Å². The van der Waals surface area contributed by atoms with E-state index in [-0.39, 0.29) is 0 Å². The summed E-state index contributed by atoms with van der Waals surface area (Å²) in [4.78, 5) is 9.13. The molecule has 0 amide bonds. The number of hydrogen-bond acceptors (Lipinski definition) is 5. The van der Waals surface area contributed by atoms with Crippen LogP contribution in [0.1, 0.15) is 42.4 Å². The zero-order chi connectivity index (χ0) is 12.5. The van der Waals surface area contributed by atoms with Gasteiger partial charge in [0.05, 0.1) is 0 Å². The maximum atomic E-state index is 5.59. The molecule has 0 unspecified atom stereocenters. The fourth-order valence-electron chi connectivity index (χ4n) is 2.49. The lowest BCUT2D eigenvalue weighted by Gasteiger charge is -2.00. The van der Waals surface area contributed by atoms with Crippen LogP contribution in [0.4, 0.5) is 0 Å². The van der Waals surface area contributed by atoms with E-state index in [0.717, 1.165) is 22.4 Å². The van der Waals surface area contributed by atoms with Gasteiger partial charge in [0, 0.05) is 24.9 Å². The minimum absolute atomic E-state index is 0.484.